The number of hydrogen-bond acceptors (Lipinski definition) is 2. The van der Waals surface area contributed by atoms with Crippen LogP contribution in [-0.2, 0) is 6.42 Å². The van der Waals surface area contributed by atoms with Crippen LogP contribution in [0.4, 0.5) is 4.79 Å². The Morgan fingerprint density at radius 1 is 1.26 bits per heavy atom. The summed E-state index contributed by atoms with van der Waals surface area (Å²) in [5, 5.41) is 5.75. The highest BCUT2D eigenvalue weighted by molar-refractivity contribution is 5.73. The average Bonchev–Trinajstić information content (AvgIpc) is 2.36. The maximum atomic E-state index is 11.5. The molecule has 4 nitrogen and oxygen atoms in total. The van der Waals surface area contributed by atoms with E-state index in [0.29, 0.717) is 6.54 Å². The fourth-order valence-corrected chi connectivity index (χ4v) is 1.61. The van der Waals surface area contributed by atoms with Gasteiger partial charge in [-0.1, -0.05) is 26.8 Å². The van der Waals surface area contributed by atoms with E-state index in [1.807, 2.05) is 12.3 Å². The molecule has 2 amide bonds. The van der Waals surface area contributed by atoms with Gasteiger partial charge >= 0.3 is 6.03 Å². The summed E-state index contributed by atoms with van der Waals surface area (Å²) in [6.07, 6.45) is 6.73. The number of rotatable bonds is 6. The third kappa shape index (κ3) is 8.19. The fourth-order valence-electron chi connectivity index (χ4n) is 1.61. The van der Waals surface area contributed by atoms with Crippen LogP contribution in [0, 0.1) is 5.41 Å². The summed E-state index contributed by atoms with van der Waals surface area (Å²) in [7, 11) is 0. The standard InChI is InChI=1S/C15H25N3O/c1-15(2,3)12-18-14(19)17-10-5-4-7-13-8-6-9-16-11-13/h6,8-9,11H,4-5,7,10,12H2,1-3H3,(H2,17,18,19). The molecule has 0 bridgehead atoms. The molecule has 0 aliphatic rings. The molecule has 0 fully saturated rings. The molecule has 19 heavy (non-hydrogen) atoms. The van der Waals surface area contributed by atoms with Crippen molar-refractivity contribution in [2.75, 3.05) is 13.1 Å². The minimum atomic E-state index is -0.0729. The quantitative estimate of drug-likeness (QED) is 0.775. The second-order valence-corrected chi connectivity index (χ2v) is 5.99. The Hall–Kier alpha value is -1.58. The molecule has 0 unspecified atom stereocenters. The monoisotopic (exact) mass is 263 g/mol. The first-order chi connectivity index (χ1) is 8.97. The molecule has 106 valence electrons. The number of aromatic nitrogens is 1. The van der Waals surface area contributed by atoms with Gasteiger partial charge in [-0.3, -0.25) is 4.98 Å². The van der Waals surface area contributed by atoms with Crippen molar-refractivity contribution in [3.63, 3.8) is 0 Å². The lowest BCUT2D eigenvalue weighted by molar-refractivity contribution is 0.235. The van der Waals surface area contributed by atoms with Gasteiger partial charge in [0, 0.05) is 25.5 Å². The van der Waals surface area contributed by atoms with Crippen molar-refractivity contribution in [2.24, 2.45) is 5.41 Å². The molecule has 0 radical (unpaired) electrons. The van der Waals surface area contributed by atoms with Gasteiger partial charge in [0.15, 0.2) is 0 Å². The van der Waals surface area contributed by atoms with Gasteiger partial charge in [-0.2, -0.15) is 0 Å². The average molecular weight is 263 g/mol. The normalized spacial score (nSPS) is 11.1. The van der Waals surface area contributed by atoms with Crippen LogP contribution in [0.2, 0.25) is 0 Å². The van der Waals surface area contributed by atoms with E-state index in [9.17, 15) is 4.79 Å². The first kappa shape index (κ1) is 15.5. The molecule has 0 aromatic carbocycles. The van der Waals surface area contributed by atoms with Gasteiger partial charge in [-0.25, -0.2) is 4.79 Å². The van der Waals surface area contributed by atoms with Crippen LogP contribution in [0.1, 0.15) is 39.2 Å². The van der Waals surface area contributed by atoms with E-state index in [2.05, 4.69) is 42.5 Å². The zero-order valence-corrected chi connectivity index (χ0v) is 12.2. The van der Waals surface area contributed by atoms with Crippen LogP contribution in [0.25, 0.3) is 0 Å². The van der Waals surface area contributed by atoms with E-state index >= 15 is 0 Å². The Morgan fingerprint density at radius 2 is 2.05 bits per heavy atom. The first-order valence-electron chi connectivity index (χ1n) is 6.88. The molecule has 0 aliphatic carbocycles. The van der Waals surface area contributed by atoms with Gasteiger partial charge in [-0.15, -0.1) is 0 Å². The topological polar surface area (TPSA) is 54.0 Å². The van der Waals surface area contributed by atoms with Crippen molar-refractivity contribution in [3.05, 3.63) is 30.1 Å². The number of carbonyl (C=O) groups excluding carboxylic acids is 1. The molecule has 1 heterocycles. The number of hydrogen-bond donors (Lipinski definition) is 2. The number of pyridine rings is 1. The minimum absolute atomic E-state index is 0.0729. The van der Waals surface area contributed by atoms with Gasteiger partial charge < -0.3 is 10.6 Å². The van der Waals surface area contributed by atoms with E-state index in [0.717, 1.165) is 25.8 Å². The lowest BCUT2D eigenvalue weighted by Gasteiger charge is -2.18. The number of carbonyl (C=O) groups is 1. The van der Waals surface area contributed by atoms with Gasteiger partial charge in [0.1, 0.15) is 0 Å². The predicted molar refractivity (Wildman–Crippen MR) is 78.0 cm³/mol. The lowest BCUT2D eigenvalue weighted by Crippen LogP contribution is -2.40. The molecule has 0 spiro atoms. The second-order valence-electron chi connectivity index (χ2n) is 5.99. The number of nitrogens with zero attached hydrogens (tertiary/aromatic N) is 1. The summed E-state index contributed by atoms with van der Waals surface area (Å²) in [6, 6.07) is 3.96. The summed E-state index contributed by atoms with van der Waals surface area (Å²) in [4.78, 5) is 15.6. The maximum absolute atomic E-state index is 11.5. The summed E-state index contributed by atoms with van der Waals surface area (Å²) in [6.45, 7) is 7.70. The van der Waals surface area contributed by atoms with Crippen LogP contribution in [0.15, 0.2) is 24.5 Å². The van der Waals surface area contributed by atoms with Crippen LogP contribution in [-0.4, -0.2) is 24.1 Å². The predicted octanol–water partition coefficient (Wildman–Crippen LogP) is 2.75. The first-order valence-corrected chi connectivity index (χ1v) is 6.88. The highest BCUT2D eigenvalue weighted by Gasteiger charge is 2.11. The highest BCUT2D eigenvalue weighted by atomic mass is 16.2. The van der Waals surface area contributed by atoms with Crippen LogP contribution in [0.5, 0.6) is 0 Å². The SMILES string of the molecule is CC(C)(C)CNC(=O)NCCCCc1cccnc1. The molecule has 1 aromatic heterocycles. The second kappa shape index (κ2) is 7.77. The van der Waals surface area contributed by atoms with E-state index in [-0.39, 0.29) is 11.4 Å². The Balaban J connectivity index is 2.03. The number of unbranched alkanes of at least 4 members (excludes halogenated alkanes) is 1. The van der Waals surface area contributed by atoms with E-state index in [4.69, 9.17) is 0 Å². The van der Waals surface area contributed by atoms with Crippen molar-refractivity contribution >= 4 is 6.03 Å². The van der Waals surface area contributed by atoms with Crippen molar-refractivity contribution in [3.8, 4) is 0 Å². The third-order valence-corrected chi connectivity index (χ3v) is 2.68. The maximum Gasteiger partial charge on any atom is 0.314 e. The molecule has 0 aliphatic heterocycles. The van der Waals surface area contributed by atoms with E-state index < -0.39 is 0 Å². The fraction of sp³-hybridized carbons (Fsp3) is 0.600. The van der Waals surface area contributed by atoms with Gasteiger partial charge in [0.2, 0.25) is 0 Å². The summed E-state index contributed by atoms with van der Waals surface area (Å²) in [5.74, 6) is 0. The molecule has 2 N–H and O–H groups in total. The molecular weight excluding hydrogens is 238 g/mol. The minimum Gasteiger partial charge on any atom is -0.338 e. The zero-order valence-electron chi connectivity index (χ0n) is 12.2. The van der Waals surface area contributed by atoms with Crippen molar-refractivity contribution < 1.29 is 4.79 Å². The number of nitrogens with one attached hydrogen (secondary N) is 2. The largest absolute Gasteiger partial charge is 0.338 e. The summed E-state index contributed by atoms with van der Waals surface area (Å²) < 4.78 is 0. The van der Waals surface area contributed by atoms with Crippen molar-refractivity contribution in [1.29, 1.82) is 0 Å². The molecule has 0 saturated heterocycles. The Kier molecular flexibility index (Phi) is 6.33. The van der Waals surface area contributed by atoms with E-state index in [1.165, 1.54) is 5.56 Å². The van der Waals surface area contributed by atoms with E-state index in [1.54, 1.807) is 6.20 Å². The third-order valence-electron chi connectivity index (χ3n) is 2.68. The summed E-state index contributed by atoms with van der Waals surface area (Å²) in [5.41, 5.74) is 1.37. The number of urea groups is 1. The van der Waals surface area contributed by atoms with Gasteiger partial charge in [0.25, 0.3) is 0 Å². The number of aryl methyl sites for hydroxylation is 1. The summed E-state index contributed by atoms with van der Waals surface area (Å²) >= 11 is 0. The molecule has 1 rings (SSSR count). The van der Waals surface area contributed by atoms with Crippen LogP contribution in [0.3, 0.4) is 0 Å². The number of amides is 2. The van der Waals surface area contributed by atoms with Crippen LogP contribution < -0.4 is 10.6 Å². The molecule has 0 saturated carbocycles. The van der Waals surface area contributed by atoms with Crippen molar-refractivity contribution in [1.82, 2.24) is 15.6 Å². The van der Waals surface area contributed by atoms with Crippen molar-refractivity contribution in [2.45, 2.75) is 40.0 Å². The molecular formula is C15H25N3O. The van der Waals surface area contributed by atoms with Gasteiger partial charge in [0.05, 0.1) is 0 Å². The Morgan fingerprint density at radius 3 is 2.68 bits per heavy atom. The van der Waals surface area contributed by atoms with Gasteiger partial charge in [-0.05, 0) is 36.3 Å². The Labute approximate surface area is 116 Å². The highest BCUT2D eigenvalue weighted by Crippen LogP contribution is 2.09. The lowest BCUT2D eigenvalue weighted by atomic mass is 9.97. The smallest absolute Gasteiger partial charge is 0.314 e. The molecule has 0 atom stereocenters. The Bertz CT molecular complexity index is 371. The zero-order chi connectivity index (χ0) is 14.1. The van der Waals surface area contributed by atoms with Crippen LogP contribution >= 0.6 is 0 Å². The molecule has 1 aromatic rings. The molecule has 4 heteroatoms.